The van der Waals surface area contributed by atoms with Crippen LogP contribution in [0.15, 0.2) is 42.6 Å². The molecule has 2 aromatic carbocycles. The standard InChI is InChI=1S/C24H29FN2O2/c1-3-18(7-4-6-16-14-26-22-11-10-17(25)12-20(16)22)27-19-13-21-23(28-2)8-5-9-24(21)29-15-19/h5,8-12,14,18-19,26-27H,3-4,6-7,13,15H2,1-2H3. The average Bonchev–Trinajstić information content (AvgIpc) is 3.14. The van der Waals surface area contributed by atoms with Gasteiger partial charge in [0.1, 0.15) is 23.9 Å². The molecule has 2 heterocycles. The third kappa shape index (κ3) is 4.40. The summed E-state index contributed by atoms with van der Waals surface area (Å²) in [5.41, 5.74) is 3.34. The zero-order valence-electron chi connectivity index (χ0n) is 17.1. The maximum absolute atomic E-state index is 13.6. The molecule has 5 heteroatoms. The first-order chi connectivity index (χ1) is 14.2. The van der Waals surface area contributed by atoms with Crippen LogP contribution in [0.5, 0.6) is 11.5 Å². The molecule has 2 atom stereocenters. The van der Waals surface area contributed by atoms with E-state index in [-0.39, 0.29) is 11.9 Å². The Balaban J connectivity index is 1.33. The van der Waals surface area contributed by atoms with E-state index >= 15 is 0 Å². The maximum Gasteiger partial charge on any atom is 0.126 e. The maximum atomic E-state index is 13.6. The number of rotatable bonds is 8. The van der Waals surface area contributed by atoms with Crippen LogP contribution in [-0.2, 0) is 12.8 Å². The SMILES string of the molecule is CCC(CCCc1c[nH]c2ccc(F)cc12)NC1COc2cccc(OC)c2C1. The minimum atomic E-state index is -0.181. The minimum Gasteiger partial charge on any atom is -0.496 e. The Hall–Kier alpha value is -2.53. The lowest BCUT2D eigenvalue weighted by Gasteiger charge is -2.30. The summed E-state index contributed by atoms with van der Waals surface area (Å²) >= 11 is 0. The molecule has 0 spiro atoms. The van der Waals surface area contributed by atoms with Gasteiger partial charge in [-0.05, 0) is 68.0 Å². The van der Waals surface area contributed by atoms with E-state index in [1.165, 1.54) is 11.6 Å². The second-order valence-electron chi connectivity index (χ2n) is 7.82. The average molecular weight is 397 g/mol. The summed E-state index contributed by atoms with van der Waals surface area (Å²) in [5, 5.41) is 4.77. The highest BCUT2D eigenvalue weighted by molar-refractivity contribution is 5.83. The molecule has 0 bridgehead atoms. The van der Waals surface area contributed by atoms with E-state index in [1.54, 1.807) is 19.2 Å². The van der Waals surface area contributed by atoms with E-state index in [0.29, 0.717) is 12.6 Å². The van der Waals surface area contributed by atoms with Crippen molar-refractivity contribution in [3.05, 3.63) is 59.5 Å². The molecule has 0 aliphatic carbocycles. The van der Waals surface area contributed by atoms with Gasteiger partial charge in [-0.15, -0.1) is 0 Å². The van der Waals surface area contributed by atoms with Crippen LogP contribution in [0.25, 0.3) is 10.9 Å². The van der Waals surface area contributed by atoms with E-state index in [4.69, 9.17) is 9.47 Å². The number of aromatic amines is 1. The van der Waals surface area contributed by atoms with Crippen LogP contribution in [0.1, 0.15) is 37.3 Å². The Morgan fingerprint density at radius 1 is 1.31 bits per heavy atom. The summed E-state index contributed by atoms with van der Waals surface area (Å²) < 4.78 is 25.0. The number of aromatic nitrogens is 1. The first-order valence-electron chi connectivity index (χ1n) is 10.5. The molecule has 1 aliphatic heterocycles. The lowest BCUT2D eigenvalue weighted by molar-refractivity contribution is 0.219. The van der Waals surface area contributed by atoms with E-state index < -0.39 is 0 Å². The summed E-state index contributed by atoms with van der Waals surface area (Å²) in [6.07, 6.45) is 7.07. The van der Waals surface area contributed by atoms with Gasteiger partial charge in [-0.25, -0.2) is 4.39 Å². The predicted molar refractivity (Wildman–Crippen MR) is 114 cm³/mol. The van der Waals surface area contributed by atoms with Crippen molar-refractivity contribution in [3.8, 4) is 11.5 Å². The van der Waals surface area contributed by atoms with Crippen LogP contribution in [0.4, 0.5) is 4.39 Å². The van der Waals surface area contributed by atoms with Gasteiger partial charge in [-0.2, -0.15) is 0 Å². The van der Waals surface area contributed by atoms with Crippen molar-refractivity contribution in [1.82, 2.24) is 10.3 Å². The lowest BCUT2D eigenvalue weighted by Crippen LogP contribution is -2.44. The number of H-pyrrole nitrogens is 1. The zero-order chi connectivity index (χ0) is 20.2. The Labute approximate surface area is 171 Å². The van der Waals surface area contributed by atoms with Crippen LogP contribution in [0.3, 0.4) is 0 Å². The largest absolute Gasteiger partial charge is 0.496 e. The third-order valence-corrected chi connectivity index (χ3v) is 5.89. The molecule has 154 valence electrons. The second kappa shape index (κ2) is 8.87. The van der Waals surface area contributed by atoms with Crippen molar-refractivity contribution in [1.29, 1.82) is 0 Å². The fourth-order valence-electron chi connectivity index (χ4n) is 4.31. The Morgan fingerprint density at radius 2 is 2.21 bits per heavy atom. The van der Waals surface area contributed by atoms with E-state index in [1.807, 2.05) is 24.4 Å². The van der Waals surface area contributed by atoms with E-state index in [0.717, 1.165) is 60.1 Å². The van der Waals surface area contributed by atoms with Crippen LogP contribution in [-0.4, -0.2) is 30.8 Å². The lowest BCUT2D eigenvalue weighted by atomic mass is 9.98. The fourth-order valence-corrected chi connectivity index (χ4v) is 4.31. The molecular weight excluding hydrogens is 367 g/mol. The molecule has 3 aromatic rings. The summed E-state index contributed by atoms with van der Waals surface area (Å²) in [4.78, 5) is 3.24. The molecule has 1 aliphatic rings. The number of nitrogens with one attached hydrogen (secondary N) is 2. The van der Waals surface area contributed by atoms with Gasteiger partial charge in [-0.1, -0.05) is 13.0 Å². The molecule has 0 radical (unpaired) electrons. The first-order valence-corrected chi connectivity index (χ1v) is 10.5. The summed E-state index contributed by atoms with van der Waals surface area (Å²) in [6, 6.07) is 11.6. The number of hydrogen-bond donors (Lipinski definition) is 2. The highest BCUT2D eigenvalue weighted by Crippen LogP contribution is 2.32. The van der Waals surface area contributed by atoms with Crippen LogP contribution in [0.2, 0.25) is 0 Å². The smallest absolute Gasteiger partial charge is 0.126 e. The molecule has 4 nitrogen and oxygen atoms in total. The summed E-state index contributed by atoms with van der Waals surface area (Å²) in [6.45, 7) is 2.90. The Kier molecular flexibility index (Phi) is 6.05. The van der Waals surface area contributed by atoms with Gasteiger partial charge in [0.2, 0.25) is 0 Å². The number of aryl methyl sites for hydroxylation is 1. The monoisotopic (exact) mass is 396 g/mol. The number of halogens is 1. The molecule has 0 saturated carbocycles. The normalized spacial score (nSPS) is 17.0. The van der Waals surface area contributed by atoms with Gasteiger partial charge >= 0.3 is 0 Å². The number of ether oxygens (including phenoxy) is 2. The number of benzene rings is 2. The van der Waals surface area contributed by atoms with Crippen molar-refractivity contribution in [2.75, 3.05) is 13.7 Å². The highest BCUT2D eigenvalue weighted by Gasteiger charge is 2.24. The summed E-state index contributed by atoms with van der Waals surface area (Å²) in [7, 11) is 1.71. The molecule has 4 rings (SSSR count). The summed E-state index contributed by atoms with van der Waals surface area (Å²) in [5.74, 6) is 1.65. The first kappa shape index (κ1) is 19.8. The molecule has 2 N–H and O–H groups in total. The van der Waals surface area contributed by atoms with Crippen LogP contribution < -0.4 is 14.8 Å². The van der Waals surface area contributed by atoms with Crippen molar-refractivity contribution in [2.24, 2.45) is 0 Å². The molecule has 0 amide bonds. The van der Waals surface area contributed by atoms with Gasteiger partial charge in [0.25, 0.3) is 0 Å². The van der Waals surface area contributed by atoms with Crippen LogP contribution in [0, 0.1) is 5.82 Å². The predicted octanol–water partition coefficient (Wildman–Crippen LogP) is 5.01. The molecule has 0 saturated heterocycles. The topological polar surface area (TPSA) is 46.3 Å². The van der Waals surface area contributed by atoms with E-state index in [9.17, 15) is 4.39 Å². The van der Waals surface area contributed by atoms with Crippen molar-refractivity contribution in [2.45, 2.75) is 51.1 Å². The number of fused-ring (bicyclic) bond motifs is 2. The molecule has 1 aromatic heterocycles. The molecule has 0 fully saturated rings. The van der Waals surface area contributed by atoms with Gasteiger partial charge in [-0.3, -0.25) is 0 Å². The zero-order valence-corrected chi connectivity index (χ0v) is 17.1. The van der Waals surface area contributed by atoms with Gasteiger partial charge in [0, 0.05) is 34.7 Å². The minimum absolute atomic E-state index is 0.181. The molecular formula is C24H29FN2O2. The Morgan fingerprint density at radius 3 is 3.03 bits per heavy atom. The van der Waals surface area contributed by atoms with Crippen molar-refractivity contribution >= 4 is 10.9 Å². The van der Waals surface area contributed by atoms with Crippen molar-refractivity contribution in [3.63, 3.8) is 0 Å². The number of hydrogen-bond acceptors (Lipinski definition) is 3. The second-order valence-corrected chi connectivity index (χ2v) is 7.82. The Bertz CT molecular complexity index is 954. The van der Waals surface area contributed by atoms with Crippen molar-refractivity contribution < 1.29 is 13.9 Å². The quantitative estimate of drug-likeness (QED) is 0.563. The molecule has 29 heavy (non-hydrogen) atoms. The fraction of sp³-hybridized carbons (Fsp3) is 0.417. The van der Waals surface area contributed by atoms with Gasteiger partial charge in [0.05, 0.1) is 7.11 Å². The highest BCUT2D eigenvalue weighted by atomic mass is 19.1. The van der Waals surface area contributed by atoms with Gasteiger partial charge in [0.15, 0.2) is 0 Å². The van der Waals surface area contributed by atoms with Crippen LogP contribution >= 0.6 is 0 Å². The van der Waals surface area contributed by atoms with Gasteiger partial charge < -0.3 is 19.8 Å². The van der Waals surface area contributed by atoms with E-state index in [2.05, 4.69) is 17.2 Å². The molecule has 2 unspecified atom stereocenters. The third-order valence-electron chi connectivity index (χ3n) is 5.89. The number of methoxy groups -OCH3 is 1.